The molecular weight excluding hydrogens is 468 g/mol. The minimum absolute atomic E-state index is 0.0118. The Morgan fingerprint density at radius 2 is 1.57 bits per heavy atom. The first-order chi connectivity index (χ1) is 16.4. The van der Waals surface area contributed by atoms with Crippen LogP contribution < -0.4 is 20.1 Å². The van der Waals surface area contributed by atoms with Crippen LogP contribution >= 0.6 is 0 Å². The fourth-order valence-corrected chi connectivity index (χ4v) is 3.72. The van der Waals surface area contributed by atoms with Gasteiger partial charge in [0.25, 0.3) is 11.9 Å². The topological polar surface area (TPSA) is 152 Å². The van der Waals surface area contributed by atoms with Crippen molar-refractivity contribution in [1.29, 1.82) is 0 Å². The number of fused-ring (bicyclic) bond motifs is 2. The Morgan fingerprint density at radius 3 is 1.97 bits per heavy atom. The summed E-state index contributed by atoms with van der Waals surface area (Å²) in [4.78, 5) is 36.6. The monoisotopic (exact) mass is 495 g/mol. The molecule has 0 saturated heterocycles. The molecule has 35 heavy (non-hydrogen) atoms. The summed E-state index contributed by atoms with van der Waals surface area (Å²) < 4.78 is 39.8. The minimum Gasteiger partial charge on any atom is -0.493 e. The van der Waals surface area contributed by atoms with Gasteiger partial charge in [0, 0.05) is 32.7 Å². The Bertz CT molecular complexity index is 1090. The van der Waals surface area contributed by atoms with Gasteiger partial charge in [0.1, 0.15) is 5.69 Å². The third-order valence-electron chi connectivity index (χ3n) is 5.32. The van der Waals surface area contributed by atoms with Crippen LogP contribution in [0.15, 0.2) is 18.3 Å². The zero-order valence-corrected chi connectivity index (χ0v) is 19.7. The highest BCUT2D eigenvalue weighted by atomic mass is 19.1. The number of aliphatic carboxylic acids is 2. The largest absolute Gasteiger partial charge is 0.493 e. The number of ether oxygens (including phenoxy) is 2. The van der Waals surface area contributed by atoms with Gasteiger partial charge in [0.05, 0.1) is 31.9 Å². The molecule has 12 heteroatoms. The van der Waals surface area contributed by atoms with Gasteiger partial charge in [0.15, 0.2) is 23.1 Å². The Balaban J connectivity index is 0.000000473. The van der Waals surface area contributed by atoms with Crippen LogP contribution in [0.25, 0.3) is 0 Å². The van der Waals surface area contributed by atoms with Gasteiger partial charge in [-0.25, -0.2) is 8.78 Å². The molecule has 1 saturated carbocycles. The van der Waals surface area contributed by atoms with Crippen molar-refractivity contribution in [2.45, 2.75) is 45.2 Å². The summed E-state index contributed by atoms with van der Waals surface area (Å²) >= 11 is 0. The third-order valence-corrected chi connectivity index (χ3v) is 5.32. The molecule has 190 valence electrons. The maximum absolute atomic E-state index is 14.9. The number of aromatic nitrogens is 1. The van der Waals surface area contributed by atoms with E-state index in [1.807, 2.05) is 6.07 Å². The van der Waals surface area contributed by atoms with Crippen LogP contribution in [0.2, 0.25) is 0 Å². The predicted octanol–water partition coefficient (Wildman–Crippen LogP) is 2.60. The molecule has 1 amide bonds. The predicted molar refractivity (Wildman–Crippen MR) is 120 cm³/mol. The summed E-state index contributed by atoms with van der Waals surface area (Å²) in [5, 5.41) is 14.8. The molecule has 10 nitrogen and oxygen atoms in total. The number of carboxylic acid groups (broad SMARTS) is 2. The normalized spacial score (nSPS) is 14.6. The fraction of sp³-hybridized carbons (Fsp3) is 0.391. The van der Waals surface area contributed by atoms with Gasteiger partial charge in [0.2, 0.25) is 5.91 Å². The van der Waals surface area contributed by atoms with Crippen LogP contribution in [0.3, 0.4) is 0 Å². The van der Waals surface area contributed by atoms with Gasteiger partial charge in [-0.1, -0.05) is 0 Å². The highest BCUT2D eigenvalue weighted by Gasteiger charge is 2.57. The molecule has 2 aliphatic rings. The quantitative estimate of drug-likeness (QED) is 0.581. The fourth-order valence-electron chi connectivity index (χ4n) is 3.72. The average Bonchev–Trinajstić information content (AvgIpc) is 3.58. The first kappa shape index (κ1) is 27.4. The van der Waals surface area contributed by atoms with Crippen molar-refractivity contribution in [1.82, 2.24) is 4.98 Å². The van der Waals surface area contributed by atoms with E-state index in [9.17, 15) is 13.6 Å². The highest BCUT2D eigenvalue weighted by molar-refractivity contribution is 6.05. The van der Waals surface area contributed by atoms with Crippen molar-refractivity contribution in [3.63, 3.8) is 0 Å². The van der Waals surface area contributed by atoms with E-state index in [1.165, 1.54) is 14.2 Å². The second kappa shape index (κ2) is 11.1. The van der Waals surface area contributed by atoms with Crippen molar-refractivity contribution >= 4 is 23.5 Å². The molecule has 1 fully saturated rings. The summed E-state index contributed by atoms with van der Waals surface area (Å²) in [6.07, 6.45) is 2.87. The number of anilines is 1. The Morgan fingerprint density at radius 1 is 1.09 bits per heavy atom. The molecule has 1 aliphatic heterocycles. The average molecular weight is 495 g/mol. The summed E-state index contributed by atoms with van der Waals surface area (Å²) in [6, 6.07) is 2.95. The van der Waals surface area contributed by atoms with E-state index < -0.39 is 34.7 Å². The van der Waals surface area contributed by atoms with Crippen LogP contribution in [0.4, 0.5) is 14.5 Å². The maximum Gasteiger partial charge on any atom is 0.300 e. The smallest absolute Gasteiger partial charge is 0.300 e. The number of benzene rings is 1. The third kappa shape index (κ3) is 5.83. The summed E-state index contributed by atoms with van der Waals surface area (Å²) in [5.41, 5.74) is 6.73. The van der Waals surface area contributed by atoms with Crippen LogP contribution in [-0.2, 0) is 32.9 Å². The van der Waals surface area contributed by atoms with Gasteiger partial charge in [-0.3, -0.25) is 19.4 Å². The SMILES string of the molecule is CC(=O)O.CC(=O)O.COc1cc(OC)c(F)c(N2Cc3cnc(CN)cc3C3(CC3)C2=O)c1F. The number of rotatable bonds is 4. The number of carbonyl (C=O) groups excluding carboxylic acids is 1. The van der Waals surface area contributed by atoms with E-state index in [0.29, 0.717) is 18.5 Å². The van der Waals surface area contributed by atoms with Crippen molar-refractivity contribution in [2.75, 3.05) is 19.1 Å². The number of pyridine rings is 1. The van der Waals surface area contributed by atoms with Crippen LogP contribution in [0.1, 0.15) is 43.5 Å². The van der Waals surface area contributed by atoms with Gasteiger partial charge in [-0.2, -0.15) is 0 Å². The second-order valence-corrected chi connectivity index (χ2v) is 7.81. The van der Waals surface area contributed by atoms with Crippen LogP contribution in [0.5, 0.6) is 11.5 Å². The zero-order valence-electron chi connectivity index (χ0n) is 19.7. The van der Waals surface area contributed by atoms with Crippen LogP contribution in [0, 0.1) is 11.6 Å². The Hall–Kier alpha value is -3.80. The lowest BCUT2D eigenvalue weighted by atomic mass is 9.86. The molecule has 1 aromatic heterocycles. The highest BCUT2D eigenvalue weighted by Crippen LogP contribution is 2.54. The molecule has 2 aromatic rings. The summed E-state index contributed by atoms with van der Waals surface area (Å²) in [5.74, 6) is -4.26. The molecule has 4 N–H and O–H groups in total. The molecular formula is C23H27F2N3O7. The van der Waals surface area contributed by atoms with Gasteiger partial charge >= 0.3 is 0 Å². The first-order valence-corrected chi connectivity index (χ1v) is 10.4. The summed E-state index contributed by atoms with van der Waals surface area (Å²) in [7, 11) is 2.54. The number of nitrogens with two attached hydrogens (primary N) is 1. The molecule has 0 unspecified atom stereocenters. The van der Waals surface area contributed by atoms with E-state index >= 15 is 0 Å². The lowest BCUT2D eigenvalue weighted by molar-refractivity contribution is -0.135. The van der Waals surface area contributed by atoms with Gasteiger partial charge in [-0.15, -0.1) is 0 Å². The molecule has 1 spiro atoms. The van der Waals surface area contributed by atoms with Crippen molar-refractivity contribution in [3.8, 4) is 11.5 Å². The van der Waals surface area contributed by atoms with E-state index in [0.717, 1.165) is 35.9 Å². The number of hydrogen-bond acceptors (Lipinski definition) is 7. The lowest BCUT2D eigenvalue weighted by Gasteiger charge is -2.35. The number of nitrogens with zero attached hydrogens (tertiary/aromatic N) is 2. The van der Waals surface area contributed by atoms with Crippen molar-refractivity contribution in [2.24, 2.45) is 5.73 Å². The number of hydrogen-bond donors (Lipinski definition) is 3. The maximum atomic E-state index is 14.9. The summed E-state index contributed by atoms with van der Waals surface area (Å²) in [6.45, 7) is 2.44. The molecule has 4 rings (SSSR count). The molecule has 1 aromatic carbocycles. The van der Waals surface area contributed by atoms with Crippen molar-refractivity contribution in [3.05, 3.63) is 46.8 Å². The second-order valence-electron chi connectivity index (χ2n) is 7.81. The van der Waals surface area contributed by atoms with Crippen molar-refractivity contribution < 1.29 is 42.9 Å². The van der Waals surface area contributed by atoms with Gasteiger partial charge in [-0.05, 0) is 30.0 Å². The molecule has 0 radical (unpaired) electrons. The minimum atomic E-state index is -0.935. The number of halogens is 2. The number of carbonyl (C=O) groups is 3. The molecule has 0 bridgehead atoms. The van der Waals surface area contributed by atoms with E-state index in [-0.39, 0.29) is 30.5 Å². The lowest BCUT2D eigenvalue weighted by Crippen LogP contribution is -2.45. The van der Waals surface area contributed by atoms with Gasteiger partial charge < -0.3 is 30.3 Å². The number of methoxy groups -OCH3 is 2. The molecule has 2 heterocycles. The van der Waals surface area contributed by atoms with E-state index in [1.54, 1.807) is 6.20 Å². The van der Waals surface area contributed by atoms with E-state index in [4.69, 9.17) is 35.0 Å². The standard InChI is InChI=1S/C19H19F2N3O3.2C2H4O2/c1-26-13-6-14(27-2)16(21)17(15(13)20)24-9-10-8-23-11(7-22)5-12(10)19(3-4-19)18(24)25;2*1-2(3)4/h5-6,8H,3-4,7,9,22H2,1-2H3;2*1H3,(H,3,4). The first-order valence-electron chi connectivity index (χ1n) is 10.4. The zero-order chi connectivity index (χ0) is 26.5. The molecule has 0 atom stereocenters. The van der Waals surface area contributed by atoms with E-state index in [2.05, 4.69) is 4.98 Å². The molecule has 1 aliphatic carbocycles. The Labute approximate surface area is 200 Å². The number of carboxylic acids is 2. The Kier molecular flexibility index (Phi) is 8.69. The number of amides is 1. The van der Waals surface area contributed by atoms with Crippen LogP contribution in [-0.4, -0.2) is 47.3 Å².